The molecule has 0 bridgehead atoms. The Morgan fingerprint density at radius 2 is 2.19 bits per heavy atom. The predicted octanol–water partition coefficient (Wildman–Crippen LogP) is 4.16. The largest absolute Gasteiger partial charge is 0.509 e. The van der Waals surface area contributed by atoms with Gasteiger partial charge in [-0.3, -0.25) is 13.6 Å². The number of ether oxygens (including phenoxy) is 3. The number of phosphoric ester groups is 1. The maximum absolute atomic E-state index is 13.3. The van der Waals surface area contributed by atoms with E-state index in [0.29, 0.717) is 28.3 Å². The third kappa shape index (κ3) is 3.94. The molecule has 3 aromatic rings. The molecule has 0 radical (unpaired) electrons. The van der Waals surface area contributed by atoms with Crippen LogP contribution < -0.4 is 5.73 Å². The lowest BCUT2D eigenvalue weighted by Gasteiger charge is -2.30. The van der Waals surface area contributed by atoms with Gasteiger partial charge in [0.15, 0.2) is 17.9 Å². The number of rotatable bonds is 5. The summed E-state index contributed by atoms with van der Waals surface area (Å²) in [6.07, 6.45) is -0.363. The fraction of sp³-hybridized carbons (Fsp3) is 0.409. The molecule has 0 saturated carbocycles. The van der Waals surface area contributed by atoms with E-state index in [1.54, 1.807) is 42.0 Å². The Balaban J connectivity index is 1.23. The summed E-state index contributed by atoms with van der Waals surface area (Å²) in [5.74, 6) is 0.303. The molecule has 14 heteroatoms. The van der Waals surface area contributed by atoms with Crippen LogP contribution >= 0.6 is 19.4 Å². The number of nitrogens with two attached hydrogens (primary N) is 1. The molecule has 3 saturated heterocycles. The number of aromatic nitrogens is 3. The Bertz CT molecular complexity index is 1390. The zero-order valence-electron chi connectivity index (χ0n) is 19.0. The maximum atomic E-state index is 13.3. The number of nitrogen functional groups attached to an aromatic ring is 1. The van der Waals surface area contributed by atoms with Crippen LogP contribution in [0.4, 0.5) is 10.6 Å². The summed E-state index contributed by atoms with van der Waals surface area (Å²) in [5, 5.41) is 1.15. The molecule has 0 spiro atoms. The van der Waals surface area contributed by atoms with E-state index in [0.717, 1.165) is 5.56 Å². The lowest BCUT2D eigenvalue weighted by Crippen LogP contribution is -2.42. The Hall–Kier alpha value is -2.73. The molecule has 190 valence electrons. The molecule has 0 aliphatic carbocycles. The second-order valence-corrected chi connectivity index (χ2v) is 10.9. The van der Waals surface area contributed by atoms with E-state index in [-0.39, 0.29) is 13.2 Å². The minimum absolute atomic E-state index is 0.165. The molecule has 6 atom stereocenters. The van der Waals surface area contributed by atoms with Crippen LogP contribution in [0.5, 0.6) is 0 Å². The van der Waals surface area contributed by atoms with Gasteiger partial charge in [0.1, 0.15) is 23.9 Å². The van der Waals surface area contributed by atoms with Gasteiger partial charge in [0, 0.05) is 17.6 Å². The number of carbonyl (C=O) groups excluding carboxylic acids is 1. The first-order valence-corrected chi connectivity index (χ1v) is 13.0. The number of phosphoric acid groups is 1. The van der Waals surface area contributed by atoms with E-state index in [2.05, 4.69) is 9.97 Å². The number of nitrogens with zero attached hydrogens (tertiary/aromatic N) is 3. The molecule has 0 amide bonds. The molecule has 0 unspecified atom stereocenters. The molecule has 3 fully saturated rings. The Labute approximate surface area is 210 Å². The van der Waals surface area contributed by atoms with Gasteiger partial charge in [-0.05, 0) is 30.7 Å². The average Bonchev–Trinajstić information content (AvgIpc) is 3.48. The molecule has 5 heterocycles. The van der Waals surface area contributed by atoms with E-state index in [9.17, 15) is 9.36 Å². The number of fused-ring (bicyclic) bond motifs is 2. The van der Waals surface area contributed by atoms with Gasteiger partial charge < -0.3 is 24.5 Å². The minimum Gasteiger partial charge on any atom is -0.424 e. The van der Waals surface area contributed by atoms with Gasteiger partial charge in [-0.25, -0.2) is 19.3 Å². The van der Waals surface area contributed by atoms with Gasteiger partial charge in [0.25, 0.3) is 0 Å². The number of anilines is 1. The standard InChI is InChI=1S/C22H22ClN4O8P/c1-22-17(33-21(28)34-22)16(32-20(22)27-7-5-14-18(24)25-11-26-19(14)27)10-31-36(29)30-8-6-15(35-36)12-3-2-4-13(23)9-12/h2-5,7,9,11,15-17,20H,6,8,10H2,1H3,(H2,24,25,26)/t15-,16-,17-,20-,22-,36+/m1/s1. The van der Waals surface area contributed by atoms with Crippen molar-refractivity contribution in [2.75, 3.05) is 18.9 Å². The van der Waals surface area contributed by atoms with Gasteiger partial charge in [-0.1, -0.05) is 23.7 Å². The van der Waals surface area contributed by atoms with Crippen molar-refractivity contribution in [1.29, 1.82) is 0 Å². The molecular formula is C22H22ClN4O8P. The quantitative estimate of drug-likeness (QED) is 0.370. The second-order valence-electron chi connectivity index (χ2n) is 8.83. The molecular weight excluding hydrogens is 515 g/mol. The molecule has 2 aromatic heterocycles. The monoisotopic (exact) mass is 536 g/mol. The summed E-state index contributed by atoms with van der Waals surface area (Å²) in [7, 11) is -3.95. The number of hydrogen-bond acceptors (Lipinski definition) is 11. The highest BCUT2D eigenvalue weighted by Crippen LogP contribution is 2.58. The fourth-order valence-electron chi connectivity index (χ4n) is 4.82. The molecule has 36 heavy (non-hydrogen) atoms. The van der Waals surface area contributed by atoms with Crippen molar-refractivity contribution in [1.82, 2.24) is 14.5 Å². The highest BCUT2D eigenvalue weighted by atomic mass is 35.5. The number of hydrogen-bond donors (Lipinski definition) is 1. The van der Waals surface area contributed by atoms with Crippen LogP contribution in [-0.2, 0) is 32.3 Å². The highest BCUT2D eigenvalue weighted by molar-refractivity contribution is 7.48. The highest BCUT2D eigenvalue weighted by Gasteiger charge is 2.64. The van der Waals surface area contributed by atoms with Crippen LogP contribution in [0, 0.1) is 0 Å². The summed E-state index contributed by atoms with van der Waals surface area (Å²) in [5.41, 5.74) is 6.00. The molecule has 1 aromatic carbocycles. The van der Waals surface area contributed by atoms with Crippen molar-refractivity contribution in [2.24, 2.45) is 0 Å². The molecule has 3 aliphatic rings. The van der Waals surface area contributed by atoms with Crippen LogP contribution in [0.2, 0.25) is 5.02 Å². The predicted molar refractivity (Wildman–Crippen MR) is 125 cm³/mol. The first kappa shape index (κ1) is 23.7. The molecule has 2 N–H and O–H groups in total. The normalized spacial score (nSPS) is 33.9. The van der Waals surface area contributed by atoms with Crippen molar-refractivity contribution in [2.45, 2.75) is 43.5 Å². The topological polar surface area (TPSA) is 146 Å². The van der Waals surface area contributed by atoms with E-state index in [1.165, 1.54) is 6.33 Å². The number of benzene rings is 1. The summed E-state index contributed by atoms with van der Waals surface area (Å²) < 4.78 is 48.9. The fourth-order valence-corrected chi connectivity index (χ4v) is 6.41. The van der Waals surface area contributed by atoms with Crippen molar-refractivity contribution in [3.05, 3.63) is 53.4 Å². The average molecular weight is 537 g/mol. The van der Waals surface area contributed by atoms with Crippen LogP contribution in [0.1, 0.15) is 31.2 Å². The van der Waals surface area contributed by atoms with Crippen molar-refractivity contribution < 1.29 is 37.1 Å². The van der Waals surface area contributed by atoms with Gasteiger partial charge in [0.2, 0.25) is 0 Å². The Kier molecular flexibility index (Phi) is 5.71. The summed E-state index contributed by atoms with van der Waals surface area (Å²) >= 11 is 6.09. The lowest BCUT2D eigenvalue weighted by molar-refractivity contribution is -0.0923. The van der Waals surface area contributed by atoms with E-state index in [4.69, 9.17) is 45.1 Å². The van der Waals surface area contributed by atoms with Crippen LogP contribution in [0.3, 0.4) is 0 Å². The van der Waals surface area contributed by atoms with Gasteiger partial charge in [-0.2, -0.15) is 0 Å². The summed E-state index contributed by atoms with van der Waals surface area (Å²) in [6, 6.07) is 8.84. The van der Waals surface area contributed by atoms with Gasteiger partial charge >= 0.3 is 14.0 Å². The second kappa shape index (κ2) is 8.69. The third-order valence-electron chi connectivity index (χ3n) is 6.52. The molecule has 12 nitrogen and oxygen atoms in total. The SMILES string of the molecule is C[C@@]12OC(=O)O[C@@H]1[C@@H](CO[P@]1(=O)OCC[C@H](c3cccc(Cl)c3)O1)O[C@H]2n1ccc2c(N)ncnc21. The smallest absolute Gasteiger partial charge is 0.424 e. The van der Waals surface area contributed by atoms with Gasteiger partial charge in [0.05, 0.1) is 24.7 Å². The van der Waals surface area contributed by atoms with E-state index in [1.807, 2.05) is 6.07 Å². The Morgan fingerprint density at radius 1 is 1.33 bits per heavy atom. The van der Waals surface area contributed by atoms with Crippen LogP contribution in [0.15, 0.2) is 42.9 Å². The molecule has 3 aliphatic heterocycles. The van der Waals surface area contributed by atoms with Gasteiger partial charge in [-0.15, -0.1) is 0 Å². The first-order valence-electron chi connectivity index (χ1n) is 11.2. The van der Waals surface area contributed by atoms with E-state index >= 15 is 0 Å². The minimum atomic E-state index is -3.95. The zero-order valence-corrected chi connectivity index (χ0v) is 20.6. The van der Waals surface area contributed by atoms with Crippen molar-refractivity contribution in [3.8, 4) is 0 Å². The third-order valence-corrected chi connectivity index (χ3v) is 8.23. The number of carbonyl (C=O) groups is 1. The summed E-state index contributed by atoms with van der Waals surface area (Å²) in [4.78, 5) is 20.4. The lowest BCUT2D eigenvalue weighted by atomic mass is 9.96. The van der Waals surface area contributed by atoms with Crippen LogP contribution in [0.25, 0.3) is 11.0 Å². The first-order chi connectivity index (χ1) is 17.3. The zero-order chi connectivity index (χ0) is 25.1. The Morgan fingerprint density at radius 3 is 3.03 bits per heavy atom. The van der Waals surface area contributed by atoms with Crippen LogP contribution in [-0.4, -0.2) is 51.7 Å². The summed E-state index contributed by atoms with van der Waals surface area (Å²) in [6.45, 7) is 1.61. The van der Waals surface area contributed by atoms with Crippen molar-refractivity contribution >= 4 is 42.4 Å². The van der Waals surface area contributed by atoms with E-state index < -0.39 is 44.1 Å². The maximum Gasteiger partial charge on any atom is 0.509 e. The van der Waals surface area contributed by atoms with Crippen molar-refractivity contribution in [3.63, 3.8) is 0 Å². The number of halogens is 1. The molecule has 6 rings (SSSR count).